The molecule has 0 radical (unpaired) electrons. The van der Waals surface area contributed by atoms with Crippen LogP contribution in [0.3, 0.4) is 0 Å². The van der Waals surface area contributed by atoms with Crippen LogP contribution in [-0.4, -0.2) is 48.8 Å². The van der Waals surface area contributed by atoms with E-state index in [1.54, 1.807) is 19.2 Å². The van der Waals surface area contributed by atoms with E-state index < -0.39 is 9.84 Å². The van der Waals surface area contributed by atoms with Crippen LogP contribution in [0.1, 0.15) is 22.3 Å². The van der Waals surface area contributed by atoms with Crippen molar-refractivity contribution in [2.75, 3.05) is 23.9 Å². The van der Waals surface area contributed by atoms with Crippen molar-refractivity contribution in [2.24, 2.45) is 0 Å². The molecule has 1 atom stereocenters. The number of nitrogens with zero attached hydrogens (tertiary/aromatic N) is 2. The average molecular weight is 359 g/mol. The minimum Gasteiger partial charge on any atom is -0.340 e. The van der Waals surface area contributed by atoms with Gasteiger partial charge in [-0.2, -0.15) is 0 Å². The zero-order valence-corrected chi connectivity index (χ0v) is 15.1. The van der Waals surface area contributed by atoms with Crippen LogP contribution < -0.4 is 5.32 Å². The minimum atomic E-state index is -3.02. The number of carbonyl (C=O) groups excluding carboxylic acids is 1. The van der Waals surface area contributed by atoms with Gasteiger partial charge in [0.15, 0.2) is 9.84 Å². The van der Waals surface area contributed by atoms with Gasteiger partial charge in [0.05, 0.1) is 17.1 Å². The van der Waals surface area contributed by atoms with Crippen molar-refractivity contribution in [1.29, 1.82) is 0 Å². The van der Waals surface area contributed by atoms with Crippen LogP contribution in [0.15, 0.2) is 42.6 Å². The number of sulfone groups is 1. The van der Waals surface area contributed by atoms with Gasteiger partial charge < -0.3 is 10.2 Å². The van der Waals surface area contributed by atoms with Crippen molar-refractivity contribution in [3.05, 3.63) is 53.7 Å². The number of nitrogens with one attached hydrogen (secondary N) is 1. The maximum atomic E-state index is 12.5. The molecular formula is C18H21N3O3S. The van der Waals surface area contributed by atoms with E-state index in [9.17, 15) is 13.2 Å². The van der Waals surface area contributed by atoms with Gasteiger partial charge in [-0.05, 0) is 37.1 Å². The van der Waals surface area contributed by atoms with Crippen molar-refractivity contribution in [1.82, 2.24) is 9.88 Å². The molecule has 7 heteroatoms. The number of amides is 1. The summed E-state index contributed by atoms with van der Waals surface area (Å²) in [6, 6.07) is 11.1. The molecule has 1 N–H and O–H groups in total. The van der Waals surface area contributed by atoms with E-state index >= 15 is 0 Å². The number of carbonyl (C=O) groups is 1. The van der Waals surface area contributed by atoms with E-state index in [0.29, 0.717) is 17.8 Å². The molecule has 1 aliphatic heterocycles. The minimum absolute atomic E-state index is 0.0373. The SMILES string of the molecule is Cc1ccccc1Nc1ccc(C(=O)N(C)C2CCS(=O)(=O)C2)cn1. The summed E-state index contributed by atoms with van der Waals surface area (Å²) < 4.78 is 23.2. The monoisotopic (exact) mass is 359 g/mol. The van der Waals surface area contributed by atoms with E-state index in [4.69, 9.17) is 0 Å². The molecule has 6 nitrogen and oxygen atoms in total. The van der Waals surface area contributed by atoms with Crippen LogP contribution in [0.5, 0.6) is 0 Å². The largest absolute Gasteiger partial charge is 0.340 e. The Labute approximate surface area is 147 Å². The lowest BCUT2D eigenvalue weighted by molar-refractivity contribution is 0.0747. The van der Waals surface area contributed by atoms with Gasteiger partial charge >= 0.3 is 0 Å². The predicted octanol–water partition coefficient (Wildman–Crippen LogP) is 2.39. The number of hydrogen-bond acceptors (Lipinski definition) is 5. The number of aromatic nitrogens is 1. The quantitative estimate of drug-likeness (QED) is 0.907. The molecule has 2 heterocycles. The zero-order chi connectivity index (χ0) is 18.0. The number of pyridine rings is 1. The Balaban J connectivity index is 1.69. The number of benzene rings is 1. The molecule has 3 rings (SSSR count). The Hall–Kier alpha value is -2.41. The van der Waals surface area contributed by atoms with Crippen molar-refractivity contribution in [2.45, 2.75) is 19.4 Å². The molecule has 1 fully saturated rings. The number of rotatable bonds is 4. The van der Waals surface area contributed by atoms with Gasteiger partial charge in [0, 0.05) is 25.0 Å². The molecule has 1 unspecified atom stereocenters. The van der Waals surface area contributed by atoms with Crippen LogP contribution in [0, 0.1) is 6.92 Å². The molecule has 25 heavy (non-hydrogen) atoms. The highest BCUT2D eigenvalue weighted by Gasteiger charge is 2.33. The summed E-state index contributed by atoms with van der Waals surface area (Å²) in [5.74, 6) is 0.622. The van der Waals surface area contributed by atoms with Crippen LogP contribution in [0.4, 0.5) is 11.5 Å². The molecular weight excluding hydrogens is 338 g/mol. The van der Waals surface area contributed by atoms with Gasteiger partial charge in [-0.1, -0.05) is 18.2 Å². The molecule has 0 spiro atoms. The van der Waals surface area contributed by atoms with Crippen LogP contribution in [-0.2, 0) is 9.84 Å². The molecule has 132 valence electrons. The summed E-state index contributed by atoms with van der Waals surface area (Å²) in [7, 11) is -1.37. The Morgan fingerprint density at radius 1 is 1.24 bits per heavy atom. The second kappa shape index (κ2) is 6.84. The summed E-state index contributed by atoms with van der Waals surface area (Å²) >= 11 is 0. The predicted molar refractivity (Wildman–Crippen MR) is 97.9 cm³/mol. The lowest BCUT2D eigenvalue weighted by Crippen LogP contribution is -2.37. The summed E-state index contributed by atoms with van der Waals surface area (Å²) in [5.41, 5.74) is 2.51. The summed E-state index contributed by atoms with van der Waals surface area (Å²) in [4.78, 5) is 18.3. The molecule has 2 aromatic rings. The second-order valence-corrected chi connectivity index (χ2v) is 8.57. The normalized spacial score (nSPS) is 18.7. The van der Waals surface area contributed by atoms with Crippen LogP contribution >= 0.6 is 0 Å². The Bertz CT molecular complexity index is 879. The van der Waals surface area contributed by atoms with E-state index in [-0.39, 0.29) is 23.5 Å². The molecule has 1 aromatic carbocycles. The maximum absolute atomic E-state index is 12.5. The fourth-order valence-electron chi connectivity index (χ4n) is 2.90. The van der Waals surface area contributed by atoms with Crippen molar-refractivity contribution >= 4 is 27.2 Å². The Morgan fingerprint density at radius 3 is 2.60 bits per heavy atom. The number of para-hydroxylation sites is 1. The molecule has 1 aliphatic rings. The van der Waals surface area contributed by atoms with Gasteiger partial charge in [-0.3, -0.25) is 4.79 Å². The molecule has 1 aromatic heterocycles. The third-order valence-electron chi connectivity index (χ3n) is 4.49. The standard InChI is InChI=1S/C18H21N3O3S/c1-13-5-3-4-6-16(13)20-17-8-7-14(11-19-17)18(22)21(2)15-9-10-25(23,24)12-15/h3-8,11,15H,9-10,12H2,1-2H3,(H,19,20). The summed E-state index contributed by atoms with van der Waals surface area (Å²) in [6.45, 7) is 2.00. The van der Waals surface area contributed by atoms with Gasteiger partial charge in [0.25, 0.3) is 5.91 Å². The fourth-order valence-corrected chi connectivity index (χ4v) is 4.67. The van der Waals surface area contributed by atoms with Gasteiger partial charge in [-0.15, -0.1) is 0 Å². The van der Waals surface area contributed by atoms with Crippen molar-refractivity contribution in [3.63, 3.8) is 0 Å². The lowest BCUT2D eigenvalue weighted by atomic mass is 10.2. The zero-order valence-electron chi connectivity index (χ0n) is 14.3. The van der Waals surface area contributed by atoms with Crippen LogP contribution in [0.2, 0.25) is 0 Å². The fraction of sp³-hybridized carbons (Fsp3) is 0.333. The average Bonchev–Trinajstić information content (AvgIpc) is 2.96. The molecule has 0 saturated carbocycles. The second-order valence-electron chi connectivity index (χ2n) is 6.34. The Morgan fingerprint density at radius 2 is 2.00 bits per heavy atom. The first kappa shape index (κ1) is 17.4. The summed E-state index contributed by atoms with van der Waals surface area (Å²) in [6.07, 6.45) is 2.01. The number of anilines is 2. The molecule has 0 aliphatic carbocycles. The van der Waals surface area contributed by atoms with Crippen molar-refractivity contribution in [3.8, 4) is 0 Å². The van der Waals surface area contributed by atoms with Gasteiger partial charge in [0.1, 0.15) is 5.82 Å². The topological polar surface area (TPSA) is 79.4 Å². The third kappa shape index (κ3) is 3.99. The Kier molecular flexibility index (Phi) is 4.76. The molecule has 1 amide bonds. The van der Waals surface area contributed by atoms with E-state index in [0.717, 1.165) is 11.3 Å². The van der Waals surface area contributed by atoms with Crippen LogP contribution in [0.25, 0.3) is 0 Å². The van der Waals surface area contributed by atoms with Gasteiger partial charge in [0.2, 0.25) is 0 Å². The van der Waals surface area contributed by atoms with E-state index in [1.807, 2.05) is 31.2 Å². The number of hydrogen-bond donors (Lipinski definition) is 1. The third-order valence-corrected chi connectivity index (χ3v) is 6.25. The highest BCUT2D eigenvalue weighted by Crippen LogP contribution is 2.21. The molecule has 1 saturated heterocycles. The van der Waals surface area contributed by atoms with Crippen molar-refractivity contribution < 1.29 is 13.2 Å². The first-order valence-electron chi connectivity index (χ1n) is 8.12. The maximum Gasteiger partial charge on any atom is 0.255 e. The van der Waals surface area contributed by atoms with Gasteiger partial charge in [-0.25, -0.2) is 13.4 Å². The smallest absolute Gasteiger partial charge is 0.255 e. The van der Waals surface area contributed by atoms with E-state index in [1.165, 1.54) is 11.1 Å². The molecule has 0 bridgehead atoms. The lowest BCUT2D eigenvalue weighted by Gasteiger charge is -2.23. The van der Waals surface area contributed by atoms with E-state index in [2.05, 4.69) is 10.3 Å². The summed E-state index contributed by atoms with van der Waals surface area (Å²) in [5, 5.41) is 3.22. The highest BCUT2D eigenvalue weighted by molar-refractivity contribution is 7.91. The first-order chi connectivity index (χ1) is 11.9. The highest BCUT2D eigenvalue weighted by atomic mass is 32.2. The number of aryl methyl sites for hydroxylation is 1. The first-order valence-corrected chi connectivity index (χ1v) is 9.94.